The molecule has 4 nitrogen and oxygen atoms in total. The Morgan fingerprint density at radius 2 is 2.35 bits per heavy atom. The first-order valence-electron chi connectivity index (χ1n) is 6.66. The number of aliphatic carboxylic acids is 1. The van der Waals surface area contributed by atoms with Crippen molar-refractivity contribution >= 4 is 5.97 Å². The summed E-state index contributed by atoms with van der Waals surface area (Å²) in [4.78, 5) is 13.2. The minimum atomic E-state index is -0.820. The zero-order valence-corrected chi connectivity index (χ0v) is 11.3. The summed E-state index contributed by atoms with van der Waals surface area (Å²) in [5.74, 6) is -0.965. The largest absolute Gasteiger partial charge is 0.480 e. The highest BCUT2D eigenvalue weighted by atomic mass is 19.1. The number of rotatable bonds is 3. The van der Waals surface area contributed by atoms with Crippen LogP contribution in [0.2, 0.25) is 0 Å². The second kappa shape index (κ2) is 6.02. The summed E-state index contributed by atoms with van der Waals surface area (Å²) in [6.45, 7) is 3.19. The molecule has 0 bridgehead atoms. The van der Waals surface area contributed by atoms with Crippen molar-refractivity contribution in [3.8, 4) is 6.07 Å². The first-order valence-corrected chi connectivity index (χ1v) is 6.66. The van der Waals surface area contributed by atoms with E-state index >= 15 is 0 Å². The maximum Gasteiger partial charge on any atom is 0.320 e. The molecule has 1 fully saturated rings. The second-order valence-electron chi connectivity index (χ2n) is 5.38. The molecule has 1 N–H and O–H groups in total. The van der Waals surface area contributed by atoms with Crippen LogP contribution in [0.5, 0.6) is 0 Å². The Hall–Kier alpha value is -1.93. The van der Waals surface area contributed by atoms with Crippen molar-refractivity contribution in [2.45, 2.75) is 32.4 Å². The molecule has 106 valence electrons. The number of carbonyl (C=O) groups is 1. The first-order chi connectivity index (χ1) is 9.51. The highest BCUT2D eigenvalue weighted by Gasteiger charge is 2.31. The Kier molecular flexibility index (Phi) is 4.35. The topological polar surface area (TPSA) is 64.3 Å². The van der Waals surface area contributed by atoms with Gasteiger partial charge < -0.3 is 5.11 Å². The molecule has 0 saturated carbocycles. The van der Waals surface area contributed by atoms with E-state index in [1.807, 2.05) is 4.90 Å². The lowest BCUT2D eigenvalue weighted by Crippen LogP contribution is -2.46. The zero-order valence-electron chi connectivity index (χ0n) is 11.3. The predicted molar refractivity (Wildman–Crippen MR) is 71.3 cm³/mol. The van der Waals surface area contributed by atoms with E-state index in [1.165, 1.54) is 12.1 Å². The number of piperidine rings is 1. The van der Waals surface area contributed by atoms with Crippen LogP contribution < -0.4 is 0 Å². The van der Waals surface area contributed by atoms with Gasteiger partial charge in [-0.05, 0) is 43.0 Å². The summed E-state index contributed by atoms with van der Waals surface area (Å²) in [5, 5.41) is 18.1. The van der Waals surface area contributed by atoms with Crippen LogP contribution in [0.25, 0.3) is 0 Å². The zero-order chi connectivity index (χ0) is 14.7. The van der Waals surface area contributed by atoms with Gasteiger partial charge in [0.25, 0.3) is 0 Å². The van der Waals surface area contributed by atoms with Crippen molar-refractivity contribution in [3.63, 3.8) is 0 Å². The number of carboxylic acid groups (broad SMARTS) is 1. The van der Waals surface area contributed by atoms with E-state index in [1.54, 1.807) is 12.1 Å². The van der Waals surface area contributed by atoms with Gasteiger partial charge in [-0.15, -0.1) is 0 Å². The van der Waals surface area contributed by atoms with Crippen LogP contribution >= 0.6 is 0 Å². The van der Waals surface area contributed by atoms with Gasteiger partial charge in [-0.25, -0.2) is 4.39 Å². The fraction of sp³-hybridized carbons (Fsp3) is 0.467. The van der Waals surface area contributed by atoms with Crippen LogP contribution in [0.3, 0.4) is 0 Å². The highest BCUT2D eigenvalue weighted by molar-refractivity contribution is 5.73. The van der Waals surface area contributed by atoms with Crippen LogP contribution in [0.1, 0.15) is 30.9 Å². The predicted octanol–water partition coefficient (Wildman–Crippen LogP) is 2.38. The SMILES string of the molecule is CC1CCN(Cc2ccc(F)c(C#N)c2)C(C(=O)O)C1. The van der Waals surface area contributed by atoms with Crippen LogP contribution in [0.15, 0.2) is 18.2 Å². The highest BCUT2D eigenvalue weighted by Crippen LogP contribution is 2.24. The van der Waals surface area contributed by atoms with Gasteiger partial charge in [-0.2, -0.15) is 5.26 Å². The molecule has 2 rings (SSSR count). The molecule has 1 aromatic rings. The van der Waals surface area contributed by atoms with Crippen molar-refractivity contribution in [3.05, 3.63) is 35.1 Å². The fourth-order valence-electron chi connectivity index (χ4n) is 2.63. The molecule has 0 aliphatic carbocycles. The lowest BCUT2D eigenvalue weighted by molar-refractivity contribution is -0.145. The maximum absolute atomic E-state index is 13.3. The molecular formula is C15H17FN2O2. The number of hydrogen-bond donors (Lipinski definition) is 1. The summed E-state index contributed by atoms with van der Waals surface area (Å²) >= 11 is 0. The third-order valence-electron chi connectivity index (χ3n) is 3.80. The van der Waals surface area contributed by atoms with Gasteiger partial charge in [-0.3, -0.25) is 9.69 Å². The molecule has 1 saturated heterocycles. The lowest BCUT2D eigenvalue weighted by Gasteiger charge is -2.36. The van der Waals surface area contributed by atoms with E-state index in [-0.39, 0.29) is 5.56 Å². The van der Waals surface area contributed by atoms with Crippen LogP contribution in [0, 0.1) is 23.1 Å². The van der Waals surface area contributed by atoms with E-state index < -0.39 is 17.8 Å². The first kappa shape index (κ1) is 14.5. The summed E-state index contributed by atoms with van der Waals surface area (Å²) in [5.41, 5.74) is 0.767. The molecule has 1 aliphatic heterocycles. The molecule has 0 aromatic heterocycles. The van der Waals surface area contributed by atoms with Crippen molar-refractivity contribution in [2.24, 2.45) is 5.92 Å². The molecule has 1 aromatic carbocycles. The summed E-state index contributed by atoms with van der Waals surface area (Å²) in [6.07, 6.45) is 1.58. The van der Waals surface area contributed by atoms with Gasteiger partial charge in [0, 0.05) is 6.54 Å². The standard InChI is InChI=1S/C15H17FN2O2/c1-10-4-5-18(14(6-10)15(19)20)9-11-2-3-13(16)12(7-11)8-17/h2-3,7,10,14H,4-6,9H2,1H3,(H,19,20). The maximum atomic E-state index is 13.3. The molecule has 0 radical (unpaired) electrons. The Labute approximate surface area is 117 Å². The average Bonchev–Trinajstić information content (AvgIpc) is 2.42. The monoisotopic (exact) mass is 276 g/mol. The minimum Gasteiger partial charge on any atom is -0.480 e. The number of benzene rings is 1. The number of hydrogen-bond acceptors (Lipinski definition) is 3. The summed E-state index contributed by atoms with van der Waals surface area (Å²) in [7, 11) is 0. The van der Waals surface area contributed by atoms with Gasteiger partial charge in [0.15, 0.2) is 0 Å². The summed E-state index contributed by atoms with van der Waals surface area (Å²) in [6, 6.07) is 5.66. The Balaban J connectivity index is 2.16. The van der Waals surface area contributed by atoms with Crippen molar-refractivity contribution in [1.82, 2.24) is 4.90 Å². The number of nitrogens with zero attached hydrogens (tertiary/aromatic N) is 2. The molecule has 20 heavy (non-hydrogen) atoms. The van der Waals surface area contributed by atoms with E-state index in [9.17, 15) is 14.3 Å². The van der Waals surface area contributed by atoms with E-state index in [4.69, 9.17) is 5.26 Å². The van der Waals surface area contributed by atoms with E-state index in [0.717, 1.165) is 12.0 Å². The smallest absolute Gasteiger partial charge is 0.320 e. The lowest BCUT2D eigenvalue weighted by atomic mass is 9.92. The van der Waals surface area contributed by atoms with Gasteiger partial charge in [-0.1, -0.05) is 13.0 Å². The molecular weight excluding hydrogens is 259 g/mol. The van der Waals surface area contributed by atoms with Crippen molar-refractivity contribution in [1.29, 1.82) is 5.26 Å². The third kappa shape index (κ3) is 3.14. The van der Waals surface area contributed by atoms with Gasteiger partial charge >= 0.3 is 5.97 Å². The van der Waals surface area contributed by atoms with Crippen LogP contribution in [-0.2, 0) is 11.3 Å². The average molecular weight is 276 g/mol. The van der Waals surface area contributed by atoms with Crippen LogP contribution in [-0.4, -0.2) is 28.6 Å². The summed E-state index contributed by atoms with van der Waals surface area (Å²) < 4.78 is 13.3. The van der Waals surface area contributed by atoms with E-state index in [0.29, 0.717) is 25.4 Å². The number of halogens is 1. The number of likely N-dealkylation sites (tertiary alicyclic amines) is 1. The molecule has 1 heterocycles. The quantitative estimate of drug-likeness (QED) is 0.920. The van der Waals surface area contributed by atoms with Gasteiger partial charge in [0.05, 0.1) is 5.56 Å². The van der Waals surface area contributed by atoms with Crippen molar-refractivity contribution < 1.29 is 14.3 Å². The molecule has 2 atom stereocenters. The normalized spacial score (nSPS) is 23.2. The van der Waals surface area contributed by atoms with Crippen LogP contribution in [0.4, 0.5) is 4.39 Å². The number of carboxylic acids is 1. The molecule has 1 aliphatic rings. The molecule has 0 spiro atoms. The molecule has 0 amide bonds. The minimum absolute atomic E-state index is 0.000229. The molecule has 2 unspecified atom stereocenters. The second-order valence-corrected chi connectivity index (χ2v) is 5.38. The van der Waals surface area contributed by atoms with Gasteiger partial charge in [0.1, 0.15) is 17.9 Å². The van der Waals surface area contributed by atoms with Crippen molar-refractivity contribution in [2.75, 3.05) is 6.54 Å². The Morgan fingerprint density at radius 3 is 3.00 bits per heavy atom. The Morgan fingerprint density at radius 1 is 1.60 bits per heavy atom. The molecule has 5 heteroatoms. The third-order valence-corrected chi connectivity index (χ3v) is 3.80. The fourth-order valence-corrected chi connectivity index (χ4v) is 2.63. The van der Waals surface area contributed by atoms with E-state index in [2.05, 4.69) is 6.92 Å². The Bertz CT molecular complexity index is 553. The number of nitriles is 1. The van der Waals surface area contributed by atoms with Gasteiger partial charge in [0.2, 0.25) is 0 Å².